The van der Waals surface area contributed by atoms with Crippen LogP contribution in [-0.4, -0.2) is 50.8 Å². The summed E-state index contributed by atoms with van der Waals surface area (Å²) in [5.41, 5.74) is 6.51. The fraction of sp³-hybridized carbons (Fsp3) is 0.500. The molecule has 5 heteroatoms. The fourth-order valence-corrected chi connectivity index (χ4v) is 1.64. The zero-order valence-corrected chi connectivity index (χ0v) is 11.4. The van der Waals surface area contributed by atoms with E-state index in [1.54, 1.807) is 12.0 Å². The summed E-state index contributed by atoms with van der Waals surface area (Å²) in [6, 6.07) is 9.84. The molecule has 1 aromatic rings. The van der Waals surface area contributed by atoms with Gasteiger partial charge in [-0.1, -0.05) is 30.3 Å². The molecule has 1 amide bonds. The largest absolute Gasteiger partial charge is 0.382 e. The Hall–Kier alpha value is -1.43. The van der Waals surface area contributed by atoms with Gasteiger partial charge in [-0.25, -0.2) is 0 Å². The van der Waals surface area contributed by atoms with Crippen LogP contribution in [0.1, 0.15) is 5.56 Å². The van der Waals surface area contributed by atoms with Crippen molar-refractivity contribution in [2.24, 2.45) is 5.73 Å². The molecule has 1 aromatic carbocycles. The molecular weight excluding hydrogens is 244 g/mol. The van der Waals surface area contributed by atoms with E-state index in [2.05, 4.69) is 0 Å². The van der Waals surface area contributed by atoms with Gasteiger partial charge >= 0.3 is 0 Å². The molecule has 0 radical (unpaired) electrons. The van der Waals surface area contributed by atoms with Gasteiger partial charge < -0.3 is 20.1 Å². The van der Waals surface area contributed by atoms with E-state index < -0.39 is 0 Å². The van der Waals surface area contributed by atoms with E-state index in [4.69, 9.17) is 15.2 Å². The highest BCUT2D eigenvalue weighted by atomic mass is 16.5. The molecule has 0 unspecified atom stereocenters. The van der Waals surface area contributed by atoms with E-state index in [9.17, 15) is 4.79 Å². The van der Waals surface area contributed by atoms with Gasteiger partial charge in [0.1, 0.15) is 0 Å². The summed E-state index contributed by atoms with van der Waals surface area (Å²) in [6.07, 6.45) is 0. The van der Waals surface area contributed by atoms with Crippen LogP contribution in [0.4, 0.5) is 0 Å². The van der Waals surface area contributed by atoms with Crippen molar-refractivity contribution in [2.45, 2.75) is 6.54 Å². The Balaban J connectivity index is 2.41. The minimum Gasteiger partial charge on any atom is -0.382 e. The van der Waals surface area contributed by atoms with Gasteiger partial charge in [-0.15, -0.1) is 0 Å². The van der Waals surface area contributed by atoms with Gasteiger partial charge in [0.25, 0.3) is 0 Å². The first kappa shape index (κ1) is 15.6. The lowest BCUT2D eigenvalue weighted by molar-refractivity contribution is -0.131. The number of nitrogens with two attached hydrogens (primary N) is 1. The van der Waals surface area contributed by atoms with E-state index in [0.29, 0.717) is 32.9 Å². The van der Waals surface area contributed by atoms with Crippen LogP contribution in [0, 0.1) is 0 Å². The molecule has 0 aliphatic rings. The maximum Gasteiger partial charge on any atom is 0.236 e. The third kappa shape index (κ3) is 6.33. The standard InChI is InChI=1S/C14H22N2O3/c1-18-9-10-19-8-7-16(14(17)11-15)12-13-5-3-2-4-6-13/h2-6H,7-12,15H2,1H3. The van der Waals surface area contributed by atoms with Gasteiger partial charge in [0.15, 0.2) is 0 Å². The zero-order valence-electron chi connectivity index (χ0n) is 11.4. The Bertz CT molecular complexity index is 357. The molecule has 0 saturated heterocycles. The van der Waals surface area contributed by atoms with Crippen LogP contribution in [0.5, 0.6) is 0 Å². The second kappa shape index (κ2) is 9.49. The van der Waals surface area contributed by atoms with E-state index >= 15 is 0 Å². The van der Waals surface area contributed by atoms with Crippen molar-refractivity contribution in [1.82, 2.24) is 4.90 Å². The Kier molecular flexibility index (Phi) is 7.81. The number of rotatable bonds is 9. The first-order valence-electron chi connectivity index (χ1n) is 6.36. The van der Waals surface area contributed by atoms with E-state index in [1.165, 1.54) is 0 Å². The highest BCUT2D eigenvalue weighted by molar-refractivity contribution is 5.78. The summed E-state index contributed by atoms with van der Waals surface area (Å²) >= 11 is 0. The molecule has 0 heterocycles. The number of carbonyl (C=O) groups is 1. The smallest absolute Gasteiger partial charge is 0.236 e. The monoisotopic (exact) mass is 266 g/mol. The summed E-state index contributed by atoms with van der Waals surface area (Å²) in [5.74, 6) is -0.0702. The molecule has 0 aliphatic heterocycles. The van der Waals surface area contributed by atoms with Crippen LogP contribution in [0.3, 0.4) is 0 Å². The first-order chi connectivity index (χ1) is 9.27. The first-order valence-corrected chi connectivity index (χ1v) is 6.36. The number of nitrogens with zero attached hydrogens (tertiary/aromatic N) is 1. The van der Waals surface area contributed by atoms with Crippen LogP contribution < -0.4 is 5.73 Å². The quantitative estimate of drug-likeness (QED) is 0.666. The lowest BCUT2D eigenvalue weighted by Crippen LogP contribution is -2.37. The summed E-state index contributed by atoms with van der Waals surface area (Å²) < 4.78 is 10.3. The maximum atomic E-state index is 11.8. The van der Waals surface area contributed by atoms with Crippen molar-refractivity contribution in [3.05, 3.63) is 35.9 Å². The minimum absolute atomic E-state index is 0.0188. The Labute approximate surface area is 114 Å². The van der Waals surface area contributed by atoms with Crippen LogP contribution in [0.15, 0.2) is 30.3 Å². The van der Waals surface area contributed by atoms with Gasteiger partial charge in [0.05, 0.1) is 26.4 Å². The number of ether oxygens (including phenoxy) is 2. The summed E-state index contributed by atoms with van der Waals surface area (Å²) in [4.78, 5) is 13.5. The minimum atomic E-state index is -0.0702. The molecule has 0 bridgehead atoms. The zero-order chi connectivity index (χ0) is 13.9. The molecule has 0 aromatic heterocycles. The van der Waals surface area contributed by atoms with Crippen LogP contribution in [0.2, 0.25) is 0 Å². The summed E-state index contributed by atoms with van der Waals surface area (Å²) in [6.45, 7) is 2.70. The number of hydrogen-bond acceptors (Lipinski definition) is 4. The highest BCUT2D eigenvalue weighted by Gasteiger charge is 2.11. The molecule has 0 spiro atoms. The van der Waals surface area contributed by atoms with Crippen molar-refractivity contribution in [3.8, 4) is 0 Å². The van der Waals surface area contributed by atoms with E-state index in [0.717, 1.165) is 5.56 Å². The van der Waals surface area contributed by atoms with Gasteiger partial charge in [0.2, 0.25) is 5.91 Å². The third-order valence-electron chi connectivity index (χ3n) is 2.68. The van der Waals surface area contributed by atoms with Crippen molar-refractivity contribution in [1.29, 1.82) is 0 Å². The molecule has 0 saturated carbocycles. The van der Waals surface area contributed by atoms with E-state index in [1.807, 2.05) is 30.3 Å². The maximum absolute atomic E-state index is 11.8. The molecule has 1 rings (SSSR count). The number of methoxy groups -OCH3 is 1. The molecule has 19 heavy (non-hydrogen) atoms. The second-order valence-electron chi connectivity index (χ2n) is 4.11. The van der Waals surface area contributed by atoms with Gasteiger partial charge in [-0.2, -0.15) is 0 Å². The lowest BCUT2D eigenvalue weighted by Gasteiger charge is -2.22. The van der Waals surface area contributed by atoms with Crippen molar-refractivity contribution >= 4 is 5.91 Å². The Morgan fingerprint density at radius 1 is 1.21 bits per heavy atom. The SMILES string of the molecule is COCCOCCN(Cc1ccccc1)C(=O)CN. The van der Waals surface area contributed by atoms with Crippen molar-refractivity contribution in [3.63, 3.8) is 0 Å². The average Bonchev–Trinajstić information content (AvgIpc) is 2.46. The van der Waals surface area contributed by atoms with E-state index in [-0.39, 0.29) is 12.5 Å². The molecule has 0 fully saturated rings. The van der Waals surface area contributed by atoms with Crippen LogP contribution in [-0.2, 0) is 20.8 Å². The molecule has 2 N–H and O–H groups in total. The molecule has 0 aliphatic carbocycles. The number of carbonyl (C=O) groups excluding carboxylic acids is 1. The van der Waals surface area contributed by atoms with Gasteiger partial charge in [-0.3, -0.25) is 4.79 Å². The molecular formula is C14H22N2O3. The highest BCUT2D eigenvalue weighted by Crippen LogP contribution is 2.04. The Morgan fingerprint density at radius 3 is 2.58 bits per heavy atom. The summed E-state index contributed by atoms with van der Waals surface area (Å²) in [5, 5.41) is 0. The Morgan fingerprint density at radius 2 is 1.95 bits per heavy atom. The van der Waals surface area contributed by atoms with Gasteiger partial charge in [0, 0.05) is 20.2 Å². The second-order valence-corrected chi connectivity index (χ2v) is 4.11. The van der Waals surface area contributed by atoms with Gasteiger partial charge in [-0.05, 0) is 5.56 Å². The fourth-order valence-electron chi connectivity index (χ4n) is 1.64. The third-order valence-corrected chi connectivity index (χ3v) is 2.68. The predicted octanol–water partition coefficient (Wildman–Crippen LogP) is 0.637. The molecule has 5 nitrogen and oxygen atoms in total. The summed E-state index contributed by atoms with van der Waals surface area (Å²) in [7, 11) is 1.63. The average molecular weight is 266 g/mol. The van der Waals surface area contributed by atoms with Crippen molar-refractivity contribution < 1.29 is 14.3 Å². The molecule has 106 valence electrons. The van der Waals surface area contributed by atoms with Crippen LogP contribution in [0.25, 0.3) is 0 Å². The van der Waals surface area contributed by atoms with Crippen LogP contribution >= 0.6 is 0 Å². The topological polar surface area (TPSA) is 64.8 Å². The normalized spacial score (nSPS) is 10.4. The number of hydrogen-bond donors (Lipinski definition) is 1. The lowest BCUT2D eigenvalue weighted by atomic mass is 10.2. The van der Waals surface area contributed by atoms with Crippen molar-refractivity contribution in [2.75, 3.05) is 40.0 Å². The molecule has 0 atom stereocenters. The number of amides is 1. The predicted molar refractivity (Wildman–Crippen MR) is 73.6 cm³/mol. The number of benzene rings is 1.